The van der Waals surface area contributed by atoms with E-state index in [1.54, 1.807) is 18.2 Å². The third-order valence-corrected chi connectivity index (χ3v) is 4.24. The van der Waals surface area contributed by atoms with Crippen molar-refractivity contribution in [2.75, 3.05) is 6.61 Å². The minimum Gasteiger partial charge on any atom is -0.462 e. The molecule has 0 radical (unpaired) electrons. The predicted octanol–water partition coefficient (Wildman–Crippen LogP) is 3.28. The molecule has 0 bridgehead atoms. The number of nitrogens with two attached hydrogens (primary N) is 1. The first kappa shape index (κ1) is 12.6. The van der Waals surface area contributed by atoms with E-state index in [0.717, 1.165) is 10.0 Å². The minimum absolute atomic E-state index is 0.0954. The Morgan fingerprint density at radius 3 is 2.86 bits per heavy atom. The van der Waals surface area contributed by atoms with Crippen LogP contribution in [-0.2, 0) is 10.3 Å². The van der Waals surface area contributed by atoms with Crippen LogP contribution in [0.4, 0.5) is 4.39 Å². The van der Waals surface area contributed by atoms with Crippen LogP contribution in [0.15, 0.2) is 45.9 Å². The second-order valence-corrected chi connectivity index (χ2v) is 5.87. The van der Waals surface area contributed by atoms with Crippen LogP contribution in [0.2, 0.25) is 0 Å². The van der Waals surface area contributed by atoms with E-state index < -0.39 is 11.4 Å². The van der Waals surface area contributed by atoms with Gasteiger partial charge < -0.3 is 15.2 Å². The van der Waals surface area contributed by atoms with Gasteiger partial charge in [-0.25, -0.2) is 9.38 Å². The van der Waals surface area contributed by atoms with Gasteiger partial charge in [-0.15, -0.1) is 0 Å². The Morgan fingerprint density at radius 2 is 2.10 bits per heavy atom. The van der Waals surface area contributed by atoms with Crippen molar-refractivity contribution in [3.05, 3.63) is 57.8 Å². The Bertz CT molecular complexity index is 789. The standard InChI is InChI=1S/C15H10BrFN2O2/c16-8-4-5-12-10(6-8)15(7-20-14(18)19-15)9-2-1-3-11(17)13(9)21-12/h1-6H,7H2,(H2,18,19). The van der Waals surface area contributed by atoms with Crippen molar-refractivity contribution >= 4 is 22.0 Å². The molecule has 0 amide bonds. The summed E-state index contributed by atoms with van der Waals surface area (Å²) in [5.74, 6) is 0.299. The minimum atomic E-state index is -0.862. The molecular formula is C15H10BrFN2O2. The first-order valence-electron chi connectivity index (χ1n) is 6.35. The molecule has 4 rings (SSSR count). The summed E-state index contributed by atoms with van der Waals surface area (Å²) in [4.78, 5) is 4.45. The fourth-order valence-electron chi connectivity index (χ4n) is 2.81. The Labute approximate surface area is 128 Å². The summed E-state index contributed by atoms with van der Waals surface area (Å²) >= 11 is 3.44. The van der Waals surface area contributed by atoms with Gasteiger partial charge >= 0.3 is 0 Å². The average Bonchev–Trinajstić information content (AvgIpc) is 2.85. The summed E-state index contributed by atoms with van der Waals surface area (Å²) in [6.45, 7) is 0.224. The molecule has 1 atom stereocenters. The van der Waals surface area contributed by atoms with Gasteiger partial charge in [0.2, 0.25) is 0 Å². The van der Waals surface area contributed by atoms with Gasteiger partial charge in [0.15, 0.2) is 17.1 Å². The Balaban J connectivity index is 2.07. The maximum absolute atomic E-state index is 14.1. The van der Waals surface area contributed by atoms with Crippen molar-refractivity contribution in [2.45, 2.75) is 5.54 Å². The predicted molar refractivity (Wildman–Crippen MR) is 79.0 cm³/mol. The van der Waals surface area contributed by atoms with Crippen molar-refractivity contribution in [1.82, 2.24) is 0 Å². The van der Waals surface area contributed by atoms with E-state index >= 15 is 0 Å². The molecular weight excluding hydrogens is 339 g/mol. The van der Waals surface area contributed by atoms with Gasteiger partial charge in [-0.1, -0.05) is 28.1 Å². The lowest BCUT2D eigenvalue weighted by Gasteiger charge is -2.33. The lowest BCUT2D eigenvalue weighted by Crippen LogP contribution is -2.31. The SMILES string of the molecule is NC1=NC2(CO1)c1cc(Br)ccc1Oc1c(F)cccc12. The largest absolute Gasteiger partial charge is 0.462 e. The van der Waals surface area contributed by atoms with Crippen LogP contribution in [0.25, 0.3) is 0 Å². The molecule has 21 heavy (non-hydrogen) atoms. The van der Waals surface area contributed by atoms with Gasteiger partial charge in [-0.2, -0.15) is 0 Å². The molecule has 2 N–H and O–H groups in total. The first-order chi connectivity index (χ1) is 10.1. The molecule has 0 aliphatic carbocycles. The van der Waals surface area contributed by atoms with E-state index in [2.05, 4.69) is 20.9 Å². The second-order valence-electron chi connectivity index (χ2n) is 4.96. The summed E-state index contributed by atoms with van der Waals surface area (Å²) in [5, 5.41) is 0. The lowest BCUT2D eigenvalue weighted by atomic mass is 9.81. The van der Waals surface area contributed by atoms with Gasteiger partial charge in [-0.3, -0.25) is 0 Å². The van der Waals surface area contributed by atoms with Crippen molar-refractivity contribution in [3.8, 4) is 11.5 Å². The number of aliphatic imine (C=N–C) groups is 1. The lowest BCUT2D eigenvalue weighted by molar-refractivity contribution is 0.262. The Kier molecular flexibility index (Phi) is 2.53. The molecule has 2 aromatic carbocycles. The van der Waals surface area contributed by atoms with Gasteiger partial charge in [0.25, 0.3) is 6.02 Å². The molecule has 0 aromatic heterocycles. The molecule has 2 aliphatic rings. The van der Waals surface area contributed by atoms with Crippen molar-refractivity contribution in [2.24, 2.45) is 10.7 Å². The number of nitrogens with zero attached hydrogens (tertiary/aromatic N) is 1. The average molecular weight is 349 g/mol. The quantitative estimate of drug-likeness (QED) is 0.794. The smallest absolute Gasteiger partial charge is 0.283 e. The number of para-hydroxylation sites is 1. The van der Waals surface area contributed by atoms with Gasteiger partial charge in [0.1, 0.15) is 12.4 Å². The van der Waals surface area contributed by atoms with E-state index in [9.17, 15) is 4.39 Å². The third kappa shape index (κ3) is 1.68. The van der Waals surface area contributed by atoms with Gasteiger partial charge in [-0.05, 0) is 24.3 Å². The van der Waals surface area contributed by atoms with E-state index in [1.807, 2.05) is 12.1 Å². The zero-order valence-electron chi connectivity index (χ0n) is 10.8. The first-order valence-corrected chi connectivity index (χ1v) is 7.14. The molecule has 6 heteroatoms. The molecule has 1 unspecified atom stereocenters. The molecule has 106 valence electrons. The number of hydrogen-bond donors (Lipinski definition) is 1. The summed E-state index contributed by atoms with van der Waals surface area (Å²) in [6, 6.07) is 10.4. The highest BCUT2D eigenvalue weighted by Gasteiger charge is 2.47. The van der Waals surface area contributed by atoms with Crippen LogP contribution in [0.1, 0.15) is 11.1 Å². The summed E-state index contributed by atoms with van der Waals surface area (Å²) in [5.41, 5.74) is 6.27. The second kappa shape index (κ2) is 4.21. The summed E-state index contributed by atoms with van der Waals surface area (Å²) in [7, 11) is 0. The van der Waals surface area contributed by atoms with Crippen LogP contribution in [0.3, 0.4) is 0 Å². The fraction of sp³-hybridized carbons (Fsp3) is 0.133. The van der Waals surface area contributed by atoms with Crippen LogP contribution in [0, 0.1) is 5.82 Å². The number of halogens is 2. The normalized spacial score (nSPS) is 22.1. The highest BCUT2D eigenvalue weighted by Crippen LogP contribution is 2.51. The van der Waals surface area contributed by atoms with Gasteiger partial charge in [0.05, 0.1) is 0 Å². The molecule has 0 saturated carbocycles. The van der Waals surface area contributed by atoms with Crippen LogP contribution >= 0.6 is 15.9 Å². The monoisotopic (exact) mass is 348 g/mol. The zero-order chi connectivity index (χ0) is 14.6. The van der Waals surface area contributed by atoms with Crippen molar-refractivity contribution in [1.29, 1.82) is 0 Å². The Hall–Kier alpha value is -2.08. The van der Waals surface area contributed by atoms with Crippen LogP contribution in [0.5, 0.6) is 11.5 Å². The third-order valence-electron chi connectivity index (χ3n) is 3.74. The topological polar surface area (TPSA) is 56.8 Å². The highest BCUT2D eigenvalue weighted by molar-refractivity contribution is 9.10. The number of benzene rings is 2. The Morgan fingerprint density at radius 1 is 1.24 bits per heavy atom. The molecule has 0 fully saturated rings. The maximum Gasteiger partial charge on any atom is 0.283 e. The van der Waals surface area contributed by atoms with E-state index in [-0.39, 0.29) is 18.4 Å². The maximum atomic E-state index is 14.1. The fourth-order valence-corrected chi connectivity index (χ4v) is 3.18. The number of rotatable bonds is 0. The van der Waals surface area contributed by atoms with E-state index in [1.165, 1.54) is 6.07 Å². The van der Waals surface area contributed by atoms with E-state index in [0.29, 0.717) is 11.3 Å². The summed E-state index contributed by atoms with van der Waals surface area (Å²) in [6.07, 6.45) is 0. The number of fused-ring (bicyclic) bond motifs is 4. The molecule has 2 aliphatic heterocycles. The molecule has 0 saturated heterocycles. The number of hydrogen-bond acceptors (Lipinski definition) is 4. The zero-order valence-corrected chi connectivity index (χ0v) is 12.4. The molecule has 4 nitrogen and oxygen atoms in total. The van der Waals surface area contributed by atoms with Crippen LogP contribution in [-0.4, -0.2) is 12.6 Å². The number of ether oxygens (including phenoxy) is 2. The van der Waals surface area contributed by atoms with Gasteiger partial charge in [0, 0.05) is 15.6 Å². The van der Waals surface area contributed by atoms with Crippen LogP contribution < -0.4 is 10.5 Å². The number of amidine groups is 1. The van der Waals surface area contributed by atoms with Crippen molar-refractivity contribution in [3.63, 3.8) is 0 Å². The summed E-state index contributed by atoms with van der Waals surface area (Å²) < 4.78 is 26.1. The molecule has 1 spiro atoms. The van der Waals surface area contributed by atoms with Crippen molar-refractivity contribution < 1.29 is 13.9 Å². The molecule has 2 aromatic rings. The highest BCUT2D eigenvalue weighted by atomic mass is 79.9. The molecule has 2 heterocycles. The van der Waals surface area contributed by atoms with E-state index in [4.69, 9.17) is 15.2 Å².